The molecule has 0 N–H and O–H groups in total. The predicted molar refractivity (Wildman–Crippen MR) is 78.4 cm³/mol. The standard InChI is InChI=1S/C14H10BrFO4S/c1-9(17)10-3-2-4-12(7-10)20-21(18,19)14-8-11(15)5-6-13(14)16/h2-8H,1H3. The molecule has 0 saturated carbocycles. The lowest BCUT2D eigenvalue weighted by Gasteiger charge is -2.09. The fraction of sp³-hybridized carbons (Fsp3) is 0.0714. The molecule has 110 valence electrons. The third kappa shape index (κ3) is 3.68. The zero-order valence-corrected chi connectivity index (χ0v) is 13.2. The summed E-state index contributed by atoms with van der Waals surface area (Å²) in [6, 6.07) is 9.19. The normalized spacial score (nSPS) is 11.2. The first-order valence-electron chi connectivity index (χ1n) is 5.80. The molecule has 0 saturated heterocycles. The van der Waals surface area contributed by atoms with Gasteiger partial charge in [-0.25, -0.2) is 4.39 Å². The van der Waals surface area contributed by atoms with E-state index in [-0.39, 0.29) is 11.5 Å². The fourth-order valence-corrected chi connectivity index (χ4v) is 3.14. The second-order valence-corrected chi connectivity index (χ2v) is 6.63. The molecule has 4 nitrogen and oxygen atoms in total. The summed E-state index contributed by atoms with van der Waals surface area (Å²) in [5.74, 6) is -1.20. The SMILES string of the molecule is CC(=O)c1cccc(OS(=O)(=O)c2cc(Br)ccc2F)c1. The fourth-order valence-electron chi connectivity index (χ4n) is 1.61. The van der Waals surface area contributed by atoms with Gasteiger partial charge in [-0.05, 0) is 37.3 Å². The lowest BCUT2D eigenvalue weighted by atomic mass is 10.1. The van der Waals surface area contributed by atoms with E-state index in [0.29, 0.717) is 10.0 Å². The number of rotatable bonds is 4. The monoisotopic (exact) mass is 372 g/mol. The molecule has 21 heavy (non-hydrogen) atoms. The molecule has 0 spiro atoms. The average molecular weight is 373 g/mol. The Kier molecular flexibility index (Phi) is 4.43. The first kappa shape index (κ1) is 15.7. The Labute approximate surface area is 129 Å². The molecular weight excluding hydrogens is 363 g/mol. The molecule has 2 aromatic carbocycles. The van der Waals surface area contributed by atoms with Crippen LogP contribution in [0.2, 0.25) is 0 Å². The lowest BCUT2D eigenvalue weighted by molar-refractivity contribution is 0.101. The molecule has 0 bridgehead atoms. The van der Waals surface area contributed by atoms with Gasteiger partial charge in [0.05, 0.1) is 0 Å². The molecule has 0 unspecified atom stereocenters. The van der Waals surface area contributed by atoms with Crippen molar-refractivity contribution in [3.8, 4) is 5.75 Å². The van der Waals surface area contributed by atoms with Crippen molar-refractivity contribution >= 4 is 31.8 Å². The van der Waals surface area contributed by atoms with E-state index >= 15 is 0 Å². The highest BCUT2D eigenvalue weighted by Gasteiger charge is 2.22. The van der Waals surface area contributed by atoms with Crippen molar-refractivity contribution in [3.63, 3.8) is 0 Å². The van der Waals surface area contributed by atoms with Crippen LogP contribution in [0.25, 0.3) is 0 Å². The molecular formula is C14H10BrFO4S. The van der Waals surface area contributed by atoms with Crippen molar-refractivity contribution in [3.05, 3.63) is 58.3 Å². The molecule has 0 fully saturated rings. The van der Waals surface area contributed by atoms with E-state index in [2.05, 4.69) is 15.9 Å². The molecule has 0 aliphatic rings. The van der Waals surface area contributed by atoms with Gasteiger partial charge in [-0.3, -0.25) is 4.79 Å². The third-order valence-electron chi connectivity index (χ3n) is 2.61. The highest BCUT2D eigenvalue weighted by molar-refractivity contribution is 9.10. The highest BCUT2D eigenvalue weighted by Crippen LogP contribution is 2.24. The maximum absolute atomic E-state index is 13.6. The number of hydrogen-bond acceptors (Lipinski definition) is 4. The Morgan fingerprint density at radius 3 is 2.57 bits per heavy atom. The highest BCUT2D eigenvalue weighted by atomic mass is 79.9. The van der Waals surface area contributed by atoms with E-state index < -0.39 is 20.8 Å². The largest absolute Gasteiger partial charge is 0.379 e. The predicted octanol–water partition coefficient (Wildman–Crippen LogP) is 3.56. The minimum absolute atomic E-state index is 0.0536. The van der Waals surface area contributed by atoms with Gasteiger partial charge in [-0.15, -0.1) is 0 Å². The molecule has 0 aliphatic heterocycles. The van der Waals surface area contributed by atoms with Crippen LogP contribution in [0.3, 0.4) is 0 Å². The molecule has 7 heteroatoms. The van der Waals surface area contributed by atoms with Gasteiger partial charge < -0.3 is 4.18 Å². The van der Waals surface area contributed by atoms with E-state index in [1.165, 1.54) is 37.3 Å². The number of carbonyl (C=O) groups is 1. The van der Waals surface area contributed by atoms with Crippen molar-refractivity contribution in [2.45, 2.75) is 11.8 Å². The second kappa shape index (κ2) is 5.95. The van der Waals surface area contributed by atoms with Crippen molar-refractivity contribution in [2.75, 3.05) is 0 Å². The number of ketones is 1. The van der Waals surface area contributed by atoms with Crippen LogP contribution in [0.4, 0.5) is 4.39 Å². The van der Waals surface area contributed by atoms with E-state index in [1.54, 1.807) is 0 Å². The van der Waals surface area contributed by atoms with Crippen LogP contribution in [0.1, 0.15) is 17.3 Å². The Hall–Kier alpha value is -1.73. The zero-order valence-electron chi connectivity index (χ0n) is 10.8. The molecule has 0 atom stereocenters. The molecule has 2 rings (SSSR count). The van der Waals surface area contributed by atoms with Gasteiger partial charge in [-0.2, -0.15) is 8.42 Å². The Bertz CT molecular complexity index is 802. The first-order valence-corrected chi connectivity index (χ1v) is 8.00. The molecule has 0 amide bonds. The minimum Gasteiger partial charge on any atom is -0.379 e. The van der Waals surface area contributed by atoms with Crippen molar-refractivity contribution < 1.29 is 21.8 Å². The average Bonchev–Trinajstić information content (AvgIpc) is 2.41. The molecule has 0 radical (unpaired) electrons. The van der Waals surface area contributed by atoms with Gasteiger partial charge in [0.2, 0.25) is 0 Å². The lowest BCUT2D eigenvalue weighted by Crippen LogP contribution is -2.12. The van der Waals surface area contributed by atoms with Crippen molar-refractivity contribution in [1.82, 2.24) is 0 Å². The van der Waals surface area contributed by atoms with Crippen LogP contribution in [0.5, 0.6) is 5.75 Å². The summed E-state index contributed by atoms with van der Waals surface area (Å²) in [5.41, 5.74) is 0.303. The van der Waals surface area contributed by atoms with Crippen molar-refractivity contribution in [2.24, 2.45) is 0 Å². The smallest absolute Gasteiger partial charge is 0.342 e. The van der Waals surface area contributed by atoms with Crippen LogP contribution in [-0.2, 0) is 10.1 Å². The zero-order chi connectivity index (χ0) is 15.6. The van der Waals surface area contributed by atoms with Crippen LogP contribution < -0.4 is 4.18 Å². The summed E-state index contributed by atoms with van der Waals surface area (Å²) in [6.45, 7) is 1.35. The Morgan fingerprint density at radius 2 is 1.90 bits per heavy atom. The van der Waals surface area contributed by atoms with Gasteiger partial charge in [0.25, 0.3) is 0 Å². The van der Waals surface area contributed by atoms with Gasteiger partial charge in [0.1, 0.15) is 16.5 Å². The van der Waals surface area contributed by atoms with Gasteiger partial charge >= 0.3 is 10.1 Å². The van der Waals surface area contributed by atoms with E-state index in [1.807, 2.05) is 0 Å². The number of Topliss-reactive ketones (excluding diaryl/α,β-unsaturated/α-hetero) is 1. The Morgan fingerprint density at radius 1 is 1.19 bits per heavy atom. The summed E-state index contributed by atoms with van der Waals surface area (Å²) in [4.78, 5) is 10.7. The van der Waals surface area contributed by atoms with E-state index in [0.717, 1.165) is 12.1 Å². The summed E-state index contributed by atoms with van der Waals surface area (Å²) in [7, 11) is -4.33. The maximum atomic E-state index is 13.6. The number of carbonyl (C=O) groups excluding carboxylic acids is 1. The van der Waals surface area contributed by atoms with Gasteiger partial charge in [0, 0.05) is 10.0 Å². The van der Waals surface area contributed by atoms with Crippen LogP contribution in [0.15, 0.2) is 51.8 Å². The molecule has 2 aromatic rings. The van der Waals surface area contributed by atoms with Crippen molar-refractivity contribution in [1.29, 1.82) is 0 Å². The number of hydrogen-bond donors (Lipinski definition) is 0. The van der Waals surface area contributed by atoms with E-state index in [4.69, 9.17) is 4.18 Å². The van der Waals surface area contributed by atoms with Crippen LogP contribution in [-0.4, -0.2) is 14.2 Å². The quantitative estimate of drug-likeness (QED) is 0.608. The molecule has 0 aliphatic carbocycles. The minimum atomic E-state index is -4.33. The van der Waals surface area contributed by atoms with E-state index in [9.17, 15) is 17.6 Å². The summed E-state index contributed by atoms with van der Waals surface area (Å²) in [5, 5.41) is 0. The van der Waals surface area contributed by atoms with Crippen LogP contribution in [0, 0.1) is 5.82 Å². The second-order valence-electron chi connectivity index (χ2n) is 4.20. The summed E-state index contributed by atoms with van der Waals surface area (Å²) in [6.07, 6.45) is 0. The number of halogens is 2. The summed E-state index contributed by atoms with van der Waals surface area (Å²) < 4.78 is 43.1. The summed E-state index contributed by atoms with van der Waals surface area (Å²) >= 11 is 3.07. The van der Waals surface area contributed by atoms with Gasteiger partial charge in [-0.1, -0.05) is 28.1 Å². The topological polar surface area (TPSA) is 60.4 Å². The van der Waals surface area contributed by atoms with Gasteiger partial charge in [0.15, 0.2) is 5.78 Å². The molecule has 0 aromatic heterocycles. The van der Waals surface area contributed by atoms with Crippen LogP contribution >= 0.6 is 15.9 Å². The maximum Gasteiger partial charge on any atom is 0.342 e. The molecule has 0 heterocycles. The third-order valence-corrected chi connectivity index (χ3v) is 4.37. The first-order chi connectivity index (χ1) is 9.79. The Balaban J connectivity index is 2.40. The number of benzene rings is 2.